The summed E-state index contributed by atoms with van der Waals surface area (Å²) in [4.78, 5) is 14.5. The maximum absolute atomic E-state index is 12.3. The predicted octanol–water partition coefficient (Wildman–Crippen LogP) is 1.14. The second kappa shape index (κ2) is 5.89. The lowest BCUT2D eigenvalue weighted by molar-refractivity contribution is -0.108. The Morgan fingerprint density at radius 1 is 1.41 bits per heavy atom. The number of phenolic OH excluding ortho intramolecular Hbond substituents is 1. The van der Waals surface area contributed by atoms with Crippen LogP contribution in [0.3, 0.4) is 0 Å². The van der Waals surface area contributed by atoms with Crippen LogP contribution in [0, 0.1) is 5.92 Å². The first-order chi connectivity index (χ1) is 10.5. The second-order valence-electron chi connectivity index (χ2n) is 6.54. The van der Waals surface area contributed by atoms with Gasteiger partial charge in [0.2, 0.25) is 0 Å². The van der Waals surface area contributed by atoms with Crippen LogP contribution in [0.1, 0.15) is 35.7 Å². The van der Waals surface area contributed by atoms with E-state index < -0.39 is 5.60 Å². The molecule has 0 radical (unpaired) electrons. The number of aromatic hydroxyl groups is 1. The van der Waals surface area contributed by atoms with Crippen molar-refractivity contribution in [3.8, 4) is 5.75 Å². The largest absolute Gasteiger partial charge is 0.507 e. The van der Waals surface area contributed by atoms with Crippen LogP contribution in [-0.4, -0.2) is 52.8 Å². The highest BCUT2D eigenvalue weighted by molar-refractivity contribution is 5.96. The predicted molar refractivity (Wildman–Crippen MR) is 83.9 cm³/mol. The van der Waals surface area contributed by atoms with E-state index in [0.29, 0.717) is 6.54 Å². The Balaban J connectivity index is 1.65. The van der Waals surface area contributed by atoms with Crippen molar-refractivity contribution in [1.82, 2.24) is 10.2 Å². The third-order valence-corrected chi connectivity index (χ3v) is 5.11. The zero-order valence-electron chi connectivity index (χ0n) is 13.0. The number of carbonyl (C=O) groups excluding carboxylic acids is 1. The molecule has 2 bridgehead atoms. The summed E-state index contributed by atoms with van der Waals surface area (Å²) in [5.41, 5.74) is 0.414. The van der Waals surface area contributed by atoms with Crippen molar-refractivity contribution < 1.29 is 15.0 Å². The van der Waals surface area contributed by atoms with Crippen LogP contribution in [-0.2, 0) is 6.42 Å². The molecule has 0 saturated carbocycles. The smallest absolute Gasteiger partial charge is 0.255 e. The molecule has 1 aromatic rings. The van der Waals surface area contributed by atoms with Crippen molar-refractivity contribution in [2.24, 2.45) is 5.92 Å². The molecule has 5 heteroatoms. The summed E-state index contributed by atoms with van der Waals surface area (Å²) in [5.74, 6) is -0.0726. The van der Waals surface area contributed by atoms with E-state index in [2.05, 4.69) is 10.2 Å². The van der Waals surface area contributed by atoms with Gasteiger partial charge in [-0.25, -0.2) is 0 Å². The molecule has 120 valence electrons. The van der Waals surface area contributed by atoms with Crippen LogP contribution in [0.2, 0.25) is 0 Å². The van der Waals surface area contributed by atoms with Gasteiger partial charge < -0.3 is 20.4 Å². The number of aliphatic hydroxyl groups is 1. The van der Waals surface area contributed by atoms with Crippen molar-refractivity contribution >= 4 is 5.91 Å². The fourth-order valence-corrected chi connectivity index (χ4v) is 3.66. The molecule has 1 unspecified atom stereocenters. The summed E-state index contributed by atoms with van der Waals surface area (Å²) in [6, 6.07) is 5.11. The normalized spacial score (nSPS) is 30.3. The minimum Gasteiger partial charge on any atom is -0.507 e. The van der Waals surface area contributed by atoms with E-state index in [9.17, 15) is 15.0 Å². The Bertz CT molecular complexity index is 567. The summed E-state index contributed by atoms with van der Waals surface area (Å²) in [6.45, 7) is 4.94. The Morgan fingerprint density at radius 2 is 2.14 bits per heavy atom. The van der Waals surface area contributed by atoms with Crippen LogP contribution in [0.15, 0.2) is 18.2 Å². The molecule has 0 spiro atoms. The number of benzene rings is 1. The molecule has 1 amide bonds. The summed E-state index contributed by atoms with van der Waals surface area (Å²) >= 11 is 0. The number of nitrogens with zero attached hydrogens (tertiary/aromatic N) is 1. The number of nitrogens with one attached hydrogen (secondary N) is 1. The molecule has 3 heterocycles. The van der Waals surface area contributed by atoms with Crippen LogP contribution >= 0.6 is 0 Å². The SMILES string of the molecule is CCc1ccc(C(=O)NCC2(O)CN3CCC2CC3)c(O)c1. The van der Waals surface area contributed by atoms with Gasteiger partial charge in [0.05, 0.1) is 11.2 Å². The molecule has 22 heavy (non-hydrogen) atoms. The molecule has 3 fully saturated rings. The summed E-state index contributed by atoms with van der Waals surface area (Å²) in [7, 11) is 0. The number of hydrogen-bond acceptors (Lipinski definition) is 4. The van der Waals surface area contributed by atoms with Crippen molar-refractivity contribution in [3.63, 3.8) is 0 Å². The van der Waals surface area contributed by atoms with Crippen molar-refractivity contribution in [3.05, 3.63) is 29.3 Å². The molecule has 3 aliphatic heterocycles. The molecular formula is C17H24N2O3. The number of piperidine rings is 3. The number of rotatable bonds is 4. The first-order valence-electron chi connectivity index (χ1n) is 8.06. The molecular weight excluding hydrogens is 280 g/mol. The molecule has 5 nitrogen and oxygen atoms in total. The van der Waals surface area contributed by atoms with Gasteiger partial charge in [-0.15, -0.1) is 0 Å². The van der Waals surface area contributed by atoms with E-state index in [1.807, 2.05) is 13.0 Å². The highest BCUT2D eigenvalue weighted by Gasteiger charge is 2.45. The monoisotopic (exact) mass is 304 g/mol. The van der Waals surface area contributed by atoms with Gasteiger partial charge in [0.1, 0.15) is 5.75 Å². The van der Waals surface area contributed by atoms with Crippen LogP contribution in [0.5, 0.6) is 5.75 Å². The van der Waals surface area contributed by atoms with Crippen molar-refractivity contribution in [2.45, 2.75) is 31.8 Å². The van der Waals surface area contributed by atoms with Gasteiger partial charge in [-0.3, -0.25) is 4.79 Å². The summed E-state index contributed by atoms with van der Waals surface area (Å²) < 4.78 is 0. The quantitative estimate of drug-likeness (QED) is 0.780. The number of phenols is 1. The molecule has 0 aromatic heterocycles. The topological polar surface area (TPSA) is 72.8 Å². The first kappa shape index (κ1) is 15.3. The van der Waals surface area contributed by atoms with Crippen molar-refractivity contribution in [1.29, 1.82) is 0 Å². The highest BCUT2D eigenvalue weighted by Crippen LogP contribution is 2.35. The average Bonchev–Trinajstić information content (AvgIpc) is 2.53. The molecule has 1 aromatic carbocycles. The van der Waals surface area contributed by atoms with Gasteiger partial charge in [0, 0.05) is 13.1 Å². The van der Waals surface area contributed by atoms with Gasteiger partial charge in [-0.1, -0.05) is 13.0 Å². The standard InChI is InChI=1S/C17H24N2O3/c1-2-12-3-4-14(15(20)9-12)16(21)18-10-17(22)11-19-7-5-13(17)6-8-19/h3-4,9,13,20,22H,2,5-8,10-11H2,1H3,(H,18,21). The Morgan fingerprint density at radius 3 is 2.68 bits per heavy atom. The van der Waals surface area contributed by atoms with E-state index in [-0.39, 0.29) is 29.7 Å². The van der Waals surface area contributed by atoms with E-state index in [4.69, 9.17) is 0 Å². The molecule has 3 N–H and O–H groups in total. The van der Waals surface area contributed by atoms with Gasteiger partial charge in [-0.2, -0.15) is 0 Å². The van der Waals surface area contributed by atoms with E-state index >= 15 is 0 Å². The number of carbonyl (C=O) groups is 1. The average molecular weight is 304 g/mol. The van der Waals surface area contributed by atoms with E-state index in [0.717, 1.165) is 37.9 Å². The fraction of sp³-hybridized carbons (Fsp3) is 0.588. The number of hydrogen-bond donors (Lipinski definition) is 3. The van der Waals surface area contributed by atoms with Gasteiger partial charge in [-0.05, 0) is 56.0 Å². The lowest BCUT2D eigenvalue weighted by Crippen LogP contribution is -2.63. The Kier molecular flexibility index (Phi) is 4.10. The van der Waals surface area contributed by atoms with Crippen LogP contribution < -0.4 is 5.32 Å². The lowest BCUT2D eigenvalue weighted by Gasteiger charge is -2.50. The lowest BCUT2D eigenvalue weighted by atomic mass is 9.75. The molecule has 4 rings (SSSR count). The third kappa shape index (κ3) is 2.83. The maximum Gasteiger partial charge on any atom is 0.255 e. The molecule has 3 saturated heterocycles. The maximum atomic E-state index is 12.3. The Hall–Kier alpha value is -1.59. The second-order valence-corrected chi connectivity index (χ2v) is 6.54. The van der Waals surface area contributed by atoms with Crippen molar-refractivity contribution in [2.75, 3.05) is 26.2 Å². The molecule has 1 atom stereocenters. The molecule has 3 aliphatic rings. The fourth-order valence-electron chi connectivity index (χ4n) is 3.66. The highest BCUT2D eigenvalue weighted by atomic mass is 16.3. The van der Waals surface area contributed by atoms with Crippen LogP contribution in [0.25, 0.3) is 0 Å². The summed E-state index contributed by atoms with van der Waals surface area (Å²) in [5, 5.41) is 23.6. The first-order valence-corrected chi connectivity index (χ1v) is 8.06. The van der Waals surface area contributed by atoms with E-state index in [1.54, 1.807) is 12.1 Å². The third-order valence-electron chi connectivity index (χ3n) is 5.11. The summed E-state index contributed by atoms with van der Waals surface area (Å²) in [6.07, 6.45) is 2.79. The Labute approximate surface area is 130 Å². The zero-order chi connectivity index (χ0) is 15.7. The van der Waals surface area contributed by atoms with Crippen LogP contribution in [0.4, 0.5) is 0 Å². The number of aryl methyl sites for hydroxylation is 1. The minimum absolute atomic E-state index is 0.00208. The number of fused-ring (bicyclic) bond motifs is 3. The van der Waals surface area contributed by atoms with Gasteiger partial charge >= 0.3 is 0 Å². The van der Waals surface area contributed by atoms with Gasteiger partial charge in [0.25, 0.3) is 5.91 Å². The van der Waals surface area contributed by atoms with Gasteiger partial charge in [0.15, 0.2) is 0 Å². The van der Waals surface area contributed by atoms with E-state index in [1.165, 1.54) is 0 Å². The number of amides is 1. The zero-order valence-corrected chi connectivity index (χ0v) is 13.0. The minimum atomic E-state index is -0.842. The molecule has 0 aliphatic carbocycles.